The lowest BCUT2D eigenvalue weighted by Crippen LogP contribution is -2.29. The fourth-order valence-electron chi connectivity index (χ4n) is 1.74. The zero-order valence-electron chi connectivity index (χ0n) is 8.74. The summed E-state index contributed by atoms with van der Waals surface area (Å²) >= 11 is 0. The Balaban J connectivity index is 1.67. The van der Waals surface area contributed by atoms with Crippen molar-refractivity contribution in [1.29, 1.82) is 0 Å². The van der Waals surface area contributed by atoms with Crippen molar-refractivity contribution < 1.29 is 0 Å². The van der Waals surface area contributed by atoms with Crippen LogP contribution in [0.1, 0.15) is 25.5 Å². The fraction of sp³-hybridized carbons (Fsp3) is 0.583. The predicted molar refractivity (Wildman–Crippen MR) is 58.1 cm³/mol. The van der Waals surface area contributed by atoms with E-state index in [4.69, 9.17) is 0 Å². The van der Waals surface area contributed by atoms with Crippen LogP contribution in [0.4, 0.5) is 0 Å². The highest BCUT2D eigenvalue weighted by molar-refractivity contribution is 5.03. The average Bonchev–Trinajstić information content (AvgIpc) is 3.02. The Morgan fingerprint density at radius 3 is 3.00 bits per heavy atom. The van der Waals surface area contributed by atoms with Gasteiger partial charge in [-0.1, -0.05) is 6.07 Å². The highest BCUT2D eigenvalue weighted by Crippen LogP contribution is 2.32. The van der Waals surface area contributed by atoms with Gasteiger partial charge in [0.15, 0.2) is 0 Å². The summed E-state index contributed by atoms with van der Waals surface area (Å²) < 4.78 is 0. The van der Waals surface area contributed by atoms with E-state index in [9.17, 15) is 0 Å². The summed E-state index contributed by atoms with van der Waals surface area (Å²) in [5, 5.41) is 3.55. The second-order valence-corrected chi connectivity index (χ2v) is 4.15. The van der Waals surface area contributed by atoms with Crippen LogP contribution in [0.3, 0.4) is 0 Å². The van der Waals surface area contributed by atoms with Crippen LogP contribution in [0.5, 0.6) is 0 Å². The van der Waals surface area contributed by atoms with E-state index in [0.29, 0.717) is 6.04 Å². The van der Waals surface area contributed by atoms with Gasteiger partial charge in [0, 0.05) is 30.9 Å². The van der Waals surface area contributed by atoms with Crippen molar-refractivity contribution in [3.63, 3.8) is 0 Å². The van der Waals surface area contributed by atoms with Crippen LogP contribution < -0.4 is 5.32 Å². The normalized spacial score (nSPS) is 18.1. The van der Waals surface area contributed by atoms with Crippen LogP contribution in [-0.2, 0) is 6.42 Å². The van der Waals surface area contributed by atoms with E-state index in [0.717, 1.165) is 18.9 Å². The van der Waals surface area contributed by atoms with Gasteiger partial charge in [0.25, 0.3) is 0 Å². The SMILES string of the molecule is CC(NCCc1ccccn1)C1CC1. The molecule has 1 unspecified atom stereocenters. The molecular formula is C12H18N2. The number of nitrogens with zero attached hydrogens (tertiary/aromatic N) is 1. The number of rotatable bonds is 5. The van der Waals surface area contributed by atoms with Gasteiger partial charge in [-0.25, -0.2) is 0 Å². The number of hydrogen-bond acceptors (Lipinski definition) is 2. The lowest BCUT2D eigenvalue weighted by Gasteiger charge is -2.11. The Bertz CT molecular complexity index is 267. The van der Waals surface area contributed by atoms with E-state index in [1.807, 2.05) is 18.3 Å². The van der Waals surface area contributed by atoms with Crippen molar-refractivity contribution in [2.45, 2.75) is 32.2 Å². The standard InChI is InChI=1S/C12H18N2/c1-10(11-5-6-11)13-9-7-12-4-2-3-8-14-12/h2-4,8,10-11,13H,5-7,9H2,1H3. The van der Waals surface area contributed by atoms with Crippen molar-refractivity contribution >= 4 is 0 Å². The first-order valence-electron chi connectivity index (χ1n) is 5.49. The molecule has 1 aliphatic rings. The molecule has 1 N–H and O–H groups in total. The van der Waals surface area contributed by atoms with Gasteiger partial charge < -0.3 is 5.32 Å². The van der Waals surface area contributed by atoms with E-state index in [1.165, 1.54) is 18.5 Å². The minimum absolute atomic E-state index is 0.693. The molecule has 1 saturated carbocycles. The smallest absolute Gasteiger partial charge is 0.0416 e. The van der Waals surface area contributed by atoms with Gasteiger partial charge in [0.1, 0.15) is 0 Å². The lowest BCUT2D eigenvalue weighted by atomic mass is 10.2. The third-order valence-electron chi connectivity index (χ3n) is 2.90. The van der Waals surface area contributed by atoms with Crippen LogP contribution in [0.25, 0.3) is 0 Å². The van der Waals surface area contributed by atoms with E-state index in [1.54, 1.807) is 0 Å². The molecule has 1 aromatic heterocycles. The average molecular weight is 190 g/mol. The number of aromatic nitrogens is 1. The molecule has 14 heavy (non-hydrogen) atoms. The number of nitrogens with one attached hydrogen (secondary N) is 1. The quantitative estimate of drug-likeness (QED) is 0.768. The van der Waals surface area contributed by atoms with Crippen LogP contribution in [-0.4, -0.2) is 17.6 Å². The molecule has 2 heteroatoms. The first-order valence-corrected chi connectivity index (χ1v) is 5.49. The molecular weight excluding hydrogens is 172 g/mol. The van der Waals surface area contributed by atoms with Gasteiger partial charge in [-0.3, -0.25) is 4.98 Å². The summed E-state index contributed by atoms with van der Waals surface area (Å²) in [6, 6.07) is 6.79. The van der Waals surface area contributed by atoms with Crippen molar-refractivity contribution in [1.82, 2.24) is 10.3 Å². The second-order valence-electron chi connectivity index (χ2n) is 4.15. The predicted octanol–water partition coefficient (Wildman–Crippen LogP) is 2.01. The molecule has 0 spiro atoms. The first kappa shape index (κ1) is 9.66. The molecule has 1 heterocycles. The van der Waals surface area contributed by atoms with Crippen LogP contribution in [0.15, 0.2) is 24.4 Å². The molecule has 1 atom stereocenters. The molecule has 0 aromatic carbocycles. The summed E-state index contributed by atoms with van der Waals surface area (Å²) in [7, 11) is 0. The van der Waals surface area contributed by atoms with Gasteiger partial charge in [0.05, 0.1) is 0 Å². The molecule has 76 valence electrons. The highest BCUT2D eigenvalue weighted by atomic mass is 14.9. The van der Waals surface area contributed by atoms with Crippen LogP contribution in [0, 0.1) is 5.92 Å². The van der Waals surface area contributed by atoms with Gasteiger partial charge in [0.2, 0.25) is 0 Å². The molecule has 0 bridgehead atoms. The zero-order chi connectivity index (χ0) is 9.80. The molecule has 0 aliphatic heterocycles. The van der Waals surface area contributed by atoms with Gasteiger partial charge in [-0.2, -0.15) is 0 Å². The topological polar surface area (TPSA) is 24.9 Å². The maximum absolute atomic E-state index is 4.30. The van der Waals surface area contributed by atoms with E-state index in [2.05, 4.69) is 23.3 Å². The lowest BCUT2D eigenvalue weighted by molar-refractivity contribution is 0.498. The van der Waals surface area contributed by atoms with E-state index in [-0.39, 0.29) is 0 Å². The summed E-state index contributed by atoms with van der Waals surface area (Å²) in [4.78, 5) is 4.30. The summed E-state index contributed by atoms with van der Waals surface area (Å²) in [6.45, 7) is 3.34. The Morgan fingerprint density at radius 1 is 1.50 bits per heavy atom. The second kappa shape index (κ2) is 4.56. The maximum atomic E-state index is 4.30. The Hall–Kier alpha value is -0.890. The molecule has 0 amide bonds. The third-order valence-corrected chi connectivity index (χ3v) is 2.90. The molecule has 1 fully saturated rings. The Labute approximate surface area is 85.7 Å². The molecule has 1 aromatic rings. The van der Waals surface area contributed by atoms with E-state index >= 15 is 0 Å². The minimum Gasteiger partial charge on any atom is -0.314 e. The van der Waals surface area contributed by atoms with Crippen molar-refractivity contribution in [3.05, 3.63) is 30.1 Å². The highest BCUT2D eigenvalue weighted by Gasteiger charge is 2.27. The summed E-state index contributed by atoms with van der Waals surface area (Å²) in [5.41, 5.74) is 1.18. The largest absolute Gasteiger partial charge is 0.314 e. The first-order chi connectivity index (χ1) is 6.86. The number of pyridine rings is 1. The monoisotopic (exact) mass is 190 g/mol. The third kappa shape index (κ3) is 2.81. The van der Waals surface area contributed by atoms with Gasteiger partial charge in [-0.15, -0.1) is 0 Å². The Morgan fingerprint density at radius 2 is 2.36 bits per heavy atom. The summed E-state index contributed by atoms with van der Waals surface area (Å²) in [5.74, 6) is 0.943. The van der Waals surface area contributed by atoms with Gasteiger partial charge in [-0.05, 0) is 37.8 Å². The van der Waals surface area contributed by atoms with Crippen molar-refractivity contribution in [2.24, 2.45) is 5.92 Å². The molecule has 0 radical (unpaired) electrons. The van der Waals surface area contributed by atoms with Crippen molar-refractivity contribution in [3.8, 4) is 0 Å². The molecule has 2 rings (SSSR count). The maximum Gasteiger partial charge on any atom is 0.0416 e. The Kier molecular flexibility index (Phi) is 3.14. The summed E-state index contributed by atoms with van der Waals surface area (Å²) in [6.07, 6.45) is 5.73. The van der Waals surface area contributed by atoms with Crippen molar-refractivity contribution in [2.75, 3.05) is 6.54 Å². The van der Waals surface area contributed by atoms with E-state index < -0.39 is 0 Å². The zero-order valence-corrected chi connectivity index (χ0v) is 8.74. The van der Waals surface area contributed by atoms with Crippen LogP contribution >= 0.6 is 0 Å². The van der Waals surface area contributed by atoms with Gasteiger partial charge >= 0.3 is 0 Å². The molecule has 1 aliphatic carbocycles. The number of hydrogen-bond donors (Lipinski definition) is 1. The molecule has 0 saturated heterocycles. The van der Waals surface area contributed by atoms with Crippen LogP contribution in [0.2, 0.25) is 0 Å². The minimum atomic E-state index is 0.693. The fourth-order valence-corrected chi connectivity index (χ4v) is 1.74. The molecule has 2 nitrogen and oxygen atoms in total.